The number of imidazole rings is 1. The molecule has 0 fully saturated rings. The van der Waals surface area contributed by atoms with E-state index in [4.69, 9.17) is 32.7 Å². The first-order valence-corrected chi connectivity index (χ1v) is 16.3. The summed E-state index contributed by atoms with van der Waals surface area (Å²) < 4.78 is 41.0. The number of nitrogens with one attached hydrogen (secondary N) is 1. The monoisotopic (exact) mass is 514 g/mol. The second-order valence-electron chi connectivity index (χ2n) is 8.70. The molecule has 0 bridgehead atoms. The Morgan fingerprint density at radius 1 is 1.22 bits per heavy atom. The number of hydrogen-bond acceptors (Lipinski definition) is 5. The van der Waals surface area contributed by atoms with Crippen LogP contribution in [0.5, 0.6) is 0 Å². The molecular formula is C21H25Cl2FN4O2SSi. The van der Waals surface area contributed by atoms with Gasteiger partial charge in [0.05, 0.1) is 26.6 Å². The van der Waals surface area contributed by atoms with E-state index in [2.05, 4.69) is 29.6 Å². The van der Waals surface area contributed by atoms with Crippen LogP contribution in [0.15, 0.2) is 41.4 Å². The molecule has 1 N–H and O–H groups in total. The first-order valence-electron chi connectivity index (χ1n) is 9.86. The van der Waals surface area contributed by atoms with Gasteiger partial charge in [-0.05, 0) is 30.3 Å². The average Bonchev–Trinajstić information content (AvgIpc) is 3.00. The Kier molecular flexibility index (Phi) is 7.46. The molecule has 2 aromatic heterocycles. The molecule has 0 aliphatic carbocycles. The number of hydrogen-bond donors (Lipinski definition) is 1. The number of ether oxygens (including phenoxy) is 1. The Morgan fingerprint density at radius 3 is 2.50 bits per heavy atom. The number of aromatic nitrogens is 3. The predicted molar refractivity (Wildman–Crippen MR) is 130 cm³/mol. The summed E-state index contributed by atoms with van der Waals surface area (Å²) in [5.74, 6) is -0.0420. The minimum Gasteiger partial charge on any atom is -0.361 e. The van der Waals surface area contributed by atoms with Crippen LogP contribution in [0.2, 0.25) is 35.9 Å². The highest BCUT2D eigenvalue weighted by atomic mass is 35.5. The Morgan fingerprint density at radius 2 is 1.94 bits per heavy atom. The molecule has 172 valence electrons. The van der Waals surface area contributed by atoms with E-state index in [0.29, 0.717) is 34.3 Å². The summed E-state index contributed by atoms with van der Waals surface area (Å²) in [5.41, 5.74) is 1.49. The number of nitrogens with zero attached hydrogens (tertiary/aromatic N) is 3. The lowest BCUT2D eigenvalue weighted by Crippen LogP contribution is -2.22. The fraction of sp³-hybridized carbons (Fsp3) is 0.333. The first-order chi connectivity index (χ1) is 14.9. The highest BCUT2D eigenvalue weighted by Crippen LogP contribution is 2.37. The van der Waals surface area contributed by atoms with Gasteiger partial charge in [-0.2, -0.15) is 0 Å². The highest BCUT2D eigenvalue weighted by Gasteiger charge is 2.22. The quantitative estimate of drug-likeness (QED) is 0.278. The van der Waals surface area contributed by atoms with Gasteiger partial charge < -0.3 is 4.74 Å². The topological polar surface area (TPSA) is 80.9 Å². The first kappa shape index (κ1) is 24.9. The number of rotatable bonds is 8. The molecule has 32 heavy (non-hydrogen) atoms. The van der Waals surface area contributed by atoms with Crippen molar-refractivity contribution >= 4 is 41.0 Å². The molecule has 0 saturated heterocycles. The summed E-state index contributed by atoms with van der Waals surface area (Å²) in [7, 11) is -4.21. The summed E-state index contributed by atoms with van der Waals surface area (Å²) in [5, 5.41) is 0.464. The highest BCUT2D eigenvalue weighted by molar-refractivity contribution is 7.91. The minimum absolute atomic E-state index is 0.148. The van der Waals surface area contributed by atoms with Crippen LogP contribution in [0.3, 0.4) is 0 Å². The third kappa shape index (κ3) is 5.96. The molecule has 11 heteroatoms. The van der Waals surface area contributed by atoms with E-state index in [1.165, 1.54) is 24.5 Å². The number of pyridine rings is 1. The third-order valence-electron chi connectivity index (χ3n) is 4.74. The molecule has 1 atom stereocenters. The third-order valence-corrected chi connectivity index (χ3v) is 8.18. The van der Waals surface area contributed by atoms with Crippen molar-refractivity contribution in [1.29, 1.82) is 4.78 Å². The molecule has 3 rings (SSSR count). The summed E-state index contributed by atoms with van der Waals surface area (Å²) in [6.45, 7) is 7.52. The van der Waals surface area contributed by atoms with Crippen molar-refractivity contribution in [2.75, 3.05) is 12.9 Å². The zero-order valence-corrected chi connectivity index (χ0v) is 21.6. The van der Waals surface area contributed by atoms with Crippen molar-refractivity contribution in [3.05, 3.63) is 52.5 Å². The van der Waals surface area contributed by atoms with Crippen LogP contribution in [0.1, 0.15) is 0 Å². The molecule has 2 heterocycles. The van der Waals surface area contributed by atoms with Gasteiger partial charge in [0.2, 0.25) is 0 Å². The van der Waals surface area contributed by atoms with Gasteiger partial charge in [-0.1, -0.05) is 48.9 Å². The molecule has 1 unspecified atom stereocenters. The van der Waals surface area contributed by atoms with Crippen LogP contribution in [0.25, 0.3) is 22.8 Å². The Bertz CT molecular complexity index is 1230. The van der Waals surface area contributed by atoms with Crippen molar-refractivity contribution in [1.82, 2.24) is 14.5 Å². The van der Waals surface area contributed by atoms with E-state index in [9.17, 15) is 8.60 Å². The Hall–Kier alpha value is -1.78. The van der Waals surface area contributed by atoms with Gasteiger partial charge in [0.25, 0.3) is 0 Å². The van der Waals surface area contributed by atoms with Crippen molar-refractivity contribution in [3.8, 4) is 22.8 Å². The molecule has 1 aromatic carbocycles. The van der Waals surface area contributed by atoms with Gasteiger partial charge in [0, 0.05) is 31.4 Å². The van der Waals surface area contributed by atoms with Gasteiger partial charge in [0.1, 0.15) is 18.2 Å². The van der Waals surface area contributed by atoms with Gasteiger partial charge in [-0.15, -0.1) is 0 Å². The molecule has 6 nitrogen and oxygen atoms in total. The number of halogens is 3. The van der Waals surface area contributed by atoms with Crippen LogP contribution in [-0.2, 0) is 21.2 Å². The normalized spacial score (nSPS) is 13.8. The van der Waals surface area contributed by atoms with E-state index in [-0.39, 0.29) is 16.9 Å². The van der Waals surface area contributed by atoms with E-state index in [1.54, 1.807) is 16.7 Å². The molecule has 0 saturated carbocycles. The lowest BCUT2D eigenvalue weighted by molar-refractivity contribution is 0.0893. The SMILES string of the molecule is C[Si](C)(C)CCOCn1c(-c2ccc(F)cn2)nc(Cl)c1-c1ccc(S(C)(=N)=O)cc1Cl. The van der Waals surface area contributed by atoms with Crippen LogP contribution in [0, 0.1) is 10.6 Å². The van der Waals surface area contributed by atoms with Crippen molar-refractivity contribution < 1.29 is 13.3 Å². The molecule has 0 amide bonds. The zero-order valence-electron chi connectivity index (χ0n) is 18.3. The minimum atomic E-state index is -2.92. The van der Waals surface area contributed by atoms with E-state index < -0.39 is 23.6 Å². The maximum Gasteiger partial charge on any atom is 0.162 e. The molecule has 0 aliphatic rings. The van der Waals surface area contributed by atoms with Crippen LogP contribution in [-0.4, -0.2) is 39.7 Å². The van der Waals surface area contributed by atoms with Crippen molar-refractivity contribution in [2.24, 2.45) is 0 Å². The summed E-state index contributed by atoms with van der Waals surface area (Å²) in [6, 6.07) is 8.56. The summed E-state index contributed by atoms with van der Waals surface area (Å²) in [4.78, 5) is 8.90. The van der Waals surface area contributed by atoms with Gasteiger partial charge in [0.15, 0.2) is 11.0 Å². The Balaban J connectivity index is 2.08. The standard InChI is InChI=1S/C21H25Cl2FN4O2SSi/c1-31(25,29)15-6-7-16(17(22)11-15)19-20(23)27-21(18-8-5-14(24)12-26-18)28(19)13-30-9-10-32(2,3)4/h5-8,11-12,25H,9-10,13H2,1-4H3. The fourth-order valence-corrected chi connectivity index (χ4v) is 5.02. The zero-order chi connectivity index (χ0) is 23.7. The van der Waals surface area contributed by atoms with Gasteiger partial charge in [-0.25, -0.2) is 23.3 Å². The molecular weight excluding hydrogens is 490 g/mol. The smallest absolute Gasteiger partial charge is 0.162 e. The maximum atomic E-state index is 13.4. The van der Waals surface area contributed by atoms with Gasteiger partial charge in [-0.3, -0.25) is 4.57 Å². The predicted octanol–water partition coefficient (Wildman–Crippen LogP) is 6.41. The Labute approximate surface area is 198 Å². The second kappa shape index (κ2) is 9.60. The van der Waals surface area contributed by atoms with E-state index in [1.807, 2.05) is 0 Å². The molecule has 0 aliphatic heterocycles. The lowest BCUT2D eigenvalue weighted by atomic mass is 10.1. The lowest BCUT2D eigenvalue weighted by Gasteiger charge is -2.17. The summed E-state index contributed by atoms with van der Waals surface area (Å²) >= 11 is 13.0. The van der Waals surface area contributed by atoms with Crippen LogP contribution in [0.4, 0.5) is 4.39 Å². The van der Waals surface area contributed by atoms with E-state index in [0.717, 1.165) is 12.2 Å². The van der Waals surface area contributed by atoms with Crippen molar-refractivity contribution in [3.63, 3.8) is 0 Å². The molecule has 3 aromatic rings. The van der Waals surface area contributed by atoms with Crippen LogP contribution >= 0.6 is 23.2 Å². The fourth-order valence-electron chi connectivity index (χ4n) is 2.97. The van der Waals surface area contributed by atoms with Gasteiger partial charge >= 0.3 is 0 Å². The largest absolute Gasteiger partial charge is 0.361 e. The summed E-state index contributed by atoms with van der Waals surface area (Å²) in [6.07, 6.45) is 2.45. The average molecular weight is 516 g/mol. The maximum absolute atomic E-state index is 13.4. The molecule has 0 spiro atoms. The van der Waals surface area contributed by atoms with Crippen molar-refractivity contribution in [2.45, 2.75) is 37.3 Å². The molecule has 0 radical (unpaired) electrons. The second-order valence-corrected chi connectivity index (χ2v) is 17.2. The number of benzene rings is 1. The van der Waals surface area contributed by atoms with Crippen LogP contribution < -0.4 is 0 Å². The van der Waals surface area contributed by atoms with E-state index >= 15 is 0 Å².